The Bertz CT molecular complexity index is 431. The molecule has 0 aromatic carbocycles. The zero-order valence-electron chi connectivity index (χ0n) is 10.3. The van der Waals surface area contributed by atoms with E-state index in [1.165, 1.54) is 16.7 Å². The summed E-state index contributed by atoms with van der Waals surface area (Å²) in [6, 6.07) is -0.518. The maximum Gasteiger partial charge on any atom is 0.355 e. The summed E-state index contributed by atoms with van der Waals surface area (Å²) < 4.78 is 0. The molecule has 18 heavy (non-hydrogen) atoms. The zero-order valence-corrected chi connectivity index (χ0v) is 11.2. The van der Waals surface area contributed by atoms with Crippen molar-refractivity contribution in [1.82, 2.24) is 10.3 Å². The third-order valence-corrected chi connectivity index (χ3v) is 3.34. The molecule has 0 fully saturated rings. The predicted octanol–water partition coefficient (Wildman–Crippen LogP) is 0.483. The van der Waals surface area contributed by atoms with Crippen molar-refractivity contribution in [2.24, 2.45) is 11.7 Å². The van der Waals surface area contributed by atoms with Gasteiger partial charge in [-0.15, -0.1) is 11.3 Å². The van der Waals surface area contributed by atoms with E-state index < -0.39 is 12.0 Å². The van der Waals surface area contributed by atoms with Crippen LogP contribution in [0.25, 0.3) is 0 Å². The maximum absolute atomic E-state index is 11.5. The number of carbonyl (C=O) groups excluding carboxylic acids is 1. The second-order valence-electron chi connectivity index (χ2n) is 4.24. The molecule has 0 aliphatic carbocycles. The molecule has 4 N–H and O–H groups in total. The smallest absolute Gasteiger partial charge is 0.355 e. The second kappa shape index (κ2) is 6.46. The normalized spacial score (nSPS) is 12.4. The summed E-state index contributed by atoms with van der Waals surface area (Å²) in [6.07, 6.45) is 0.508. The van der Waals surface area contributed by atoms with Gasteiger partial charge in [0.05, 0.1) is 11.0 Å². The minimum Gasteiger partial charge on any atom is -0.476 e. The lowest BCUT2D eigenvalue weighted by atomic mass is 10.1. The number of hydrogen-bond donors (Lipinski definition) is 3. The maximum atomic E-state index is 11.5. The minimum atomic E-state index is -1.04. The molecule has 0 saturated carbocycles. The largest absolute Gasteiger partial charge is 0.476 e. The van der Waals surface area contributed by atoms with Crippen LogP contribution in [0.5, 0.6) is 0 Å². The van der Waals surface area contributed by atoms with Crippen LogP contribution in [0.3, 0.4) is 0 Å². The van der Waals surface area contributed by atoms with E-state index in [1.807, 2.05) is 13.8 Å². The number of rotatable bonds is 6. The van der Waals surface area contributed by atoms with Crippen molar-refractivity contribution in [1.29, 1.82) is 0 Å². The summed E-state index contributed by atoms with van der Waals surface area (Å²) >= 11 is 1.27. The Balaban J connectivity index is 2.37. The predicted molar refractivity (Wildman–Crippen MR) is 68.6 cm³/mol. The Morgan fingerprint density at radius 2 is 2.22 bits per heavy atom. The lowest BCUT2D eigenvalue weighted by molar-refractivity contribution is -0.123. The van der Waals surface area contributed by atoms with E-state index in [1.54, 1.807) is 0 Å². The molecule has 0 bridgehead atoms. The van der Waals surface area contributed by atoms with E-state index >= 15 is 0 Å². The van der Waals surface area contributed by atoms with Crippen LogP contribution in [0, 0.1) is 5.92 Å². The first-order chi connectivity index (χ1) is 8.41. The summed E-state index contributed by atoms with van der Waals surface area (Å²) in [5.74, 6) is -1.15. The minimum absolute atomic E-state index is 0.0419. The first kappa shape index (κ1) is 14.6. The molecule has 0 saturated heterocycles. The van der Waals surface area contributed by atoms with Gasteiger partial charge < -0.3 is 16.2 Å². The highest BCUT2D eigenvalue weighted by atomic mass is 32.1. The van der Waals surface area contributed by atoms with Gasteiger partial charge in [-0.1, -0.05) is 13.8 Å². The van der Waals surface area contributed by atoms with Gasteiger partial charge in [-0.05, 0) is 5.92 Å². The average molecular weight is 271 g/mol. The van der Waals surface area contributed by atoms with Gasteiger partial charge in [0.25, 0.3) is 0 Å². The number of aromatic nitrogens is 1. The molecule has 1 rings (SSSR count). The van der Waals surface area contributed by atoms with Crippen molar-refractivity contribution >= 4 is 23.2 Å². The Morgan fingerprint density at radius 3 is 2.72 bits per heavy atom. The van der Waals surface area contributed by atoms with Gasteiger partial charge in [-0.25, -0.2) is 9.78 Å². The monoisotopic (exact) mass is 271 g/mol. The number of aromatic carboxylic acids is 1. The van der Waals surface area contributed by atoms with E-state index in [4.69, 9.17) is 10.8 Å². The average Bonchev–Trinajstić information content (AvgIpc) is 2.76. The molecule has 7 heteroatoms. The molecule has 0 unspecified atom stereocenters. The number of thiazole rings is 1. The second-order valence-corrected chi connectivity index (χ2v) is 5.19. The van der Waals surface area contributed by atoms with Gasteiger partial charge in [0, 0.05) is 18.3 Å². The highest BCUT2D eigenvalue weighted by Gasteiger charge is 2.16. The zero-order chi connectivity index (χ0) is 13.7. The molecule has 1 atom stereocenters. The number of amides is 1. The molecule has 100 valence electrons. The quantitative estimate of drug-likeness (QED) is 0.698. The lowest BCUT2D eigenvalue weighted by Crippen LogP contribution is -2.44. The summed E-state index contributed by atoms with van der Waals surface area (Å²) in [6.45, 7) is 4.17. The lowest BCUT2D eigenvalue weighted by Gasteiger charge is -2.14. The Hall–Kier alpha value is -1.47. The third kappa shape index (κ3) is 4.08. The van der Waals surface area contributed by atoms with E-state index in [0.717, 1.165) is 0 Å². The van der Waals surface area contributed by atoms with Crippen LogP contribution in [0.15, 0.2) is 5.38 Å². The third-order valence-electron chi connectivity index (χ3n) is 2.43. The first-order valence-electron chi connectivity index (χ1n) is 5.62. The molecule has 1 aromatic rings. The summed E-state index contributed by atoms with van der Waals surface area (Å²) in [5.41, 5.74) is 5.72. The van der Waals surface area contributed by atoms with Gasteiger partial charge in [-0.2, -0.15) is 0 Å². The fraction of sp³-hybridized carbons (Fsp3) is 0.545. The molecule has 1 amide bonds. The molecule has 6 nitrogen and oxygen atoms in total. The number of hydrogen-bond acceptors (Lipinski definition) is 5. The van der Waals surface area contributed by atoms with Gasteiger partial charge in [0.15, 0.2) is 5.69 Å². The van der Waals surface area contributed by atoms with Crippen LogP contribution in [0.1, 0.15) is 29.3 Å². The number of nitrogens with zero attached hydrogens (tertiary/aromatic N) is 1. The molecule has 1 aromatic heterocycles. The van der Waals surface area contributed by atoms with Crippen molar-refractivity contribution in [3.63, 3.8) is 0 Å². The number of carboxylic acids is 1. The number of nitrogens with one attached hydrogen (secondary N) is 1. The van der Waals surface area contributed by atoms with Crippen LogP contribution in [0.2, 0.25) is 0 Å². The Labute approximate surface area is 109 Å². The van der Waals surface area contributed by atoms with Crippen LogP contribution in [0.4, 0.5) is 0 Å². The van der Waals surface area contributed by atoms with Crippen LogP contribution in [-0.4, -0.2) is 34.6 Å². The van der Waals surface area contributed by atoms with E-state index in [0.29, 0.717) is 18.0 Å². The van der Waals surface area contributed by atoms with Crippen molar-refractivity contribution in [3.8, 4) is 0 Å². The van der Waals surface area contributed by atoms with Crippen molar-refractivity contribution < 1.29 is 14.7 Å². The standard InChI is InChI=1S/C11H17N3O3S/c1-6(2)9(12)10(15)13-4-3-8-14-7(5-18-8)11(16)17/h5-6,9H,3-4,12H2,1-2H3,(H,13,15)(H,16,17)/t9-/m1/s1. The molecule has 0 aliphatic heterocycles. The van der Waals surface area contributed by atoms with Gasteiger partial charge in [0.1, 0.15) is 0 Å². The molecule has 1 heterocycles. The molecular weight excluding hydrogens is 254 g/mol. The molecule has 0 spiro atoms. The van der Waals surface area contributed by atoms with E-state index in [2.05, 4.69) is 10.3 Å². The van der Waals surface area contributed by atoms with Gasteiger partial charge in [0.2, 0.25) is 5.91 Å². The number of carboxylic acid groups (broad SMARTS) is 1. The fourth-order valence-corrected chi connectivity index (χ4v) is 2.01. The van der Waals surface area contributed by atoms with Crippen LogP contribution < -0.4 is 11.1 Å². The summed E-state index contributed by atoms with van der Waals surface area (Å²) in [7, 11) is 0. The summed E-state index contributed by atoms with van der Waals surface area (Å²) in [4.78, 5) is 26.1. The van der Waals surface area contributed by atoms with Crippen LogP contribution in [-0.2, 0) is 11.2 Å². The SMILES string of the molecule is CC(C)[C@@H](N)C(=O)NCCc1nc(C(=O)O)cs1. The Kier molecular flexibility index (Phi) is 5.24. The highest BCUT2D eigenvalue weighted by Crippen LogP contribution is 2.09. The van der Waals surface area contributed by atoms with Crippen LogP contribution >= 0.6 is 11.3 Å². The Morgan fingerprint density at radius 1 is 1.56 bits per heavy atom. The van der Waals surface area contributed by atoms with Crippen molar-refractivity contribution in [3.05, 3.63) is 16.1 Å². The van der Waals surface area contributed by atoms with E-state index in [9.17, 15) is 9.59 Å². The summed E-state index contributed by atoms with van der Waals surface area (Å²) in [5, 5.41) is 13.6. The molecule has 0 aliphatic rings. The van der Waals surface area contributed by atoms with Gasteiger partial charge in [-0.3, -0.25) is 4.79 Å². The van der Waals surface area contributed by atoms with Gasteiger partial charge >= 0.3 is 5.97 Å². The van der Waals surface area contributed by atoms with Crippen molar-refractivity contribution in [2.45, 2.75) is 26.3 Å². The number of nitrogens with two attached hydrogens (primary N) is 1. The fourth-order valence-electron chi connectivity index (χ4n) is 1.24. The highest BCUT2D eigenvalue weighted by molar-refractivity contribution is 7.09. The van der Waals surface area contributed by atoms with E-state index in [-0.39, 0.29) is 17.5 Å². The topological polar surface area (TPSA) is 105 Å². The molecule has 0 radical (unpaired) electrons. The first-order valence-corrected chi connectivity index (χ1v) is 6.50. The van der Waals surface area contributed by atoms with Crippen molar-refractivity contribution in [2.75, 3.05) is 6.54 Å². The number of carbonyl (C=O) groups is 2. The molecular formula is C11H17N3O3S.